The van der Waals surface area contributed by atoms with Gasteiger partial charge in [0.1, 0.15) is 23.0 Å². The Morgan fingerprint density at radius 3 is 2.52 bits per heavy atom. The third kappa shape index (κ3) is 3.81. The predicted molar refractivity (Wildman–Crippen MR) is 91.0 cm³/mol. The van der Waals surface area contributed by atoms with Crippen LogP contribution in [0.3, 0.4) is 0 Å². The minimum absolute atomic E-state index is 0.191. The molecular formula is C18H18F2N4O. The van der Waals surface area contributed by atoms with Crippen LogP contribution in [-0.2, 0) is 4.79 Å². The molecule has 0 fully saturated rings. The number of imidazole rings is 1. The first-order valence-electron chi connectivity index (χ1n) is 7.82. The largest absolute Gasteiger partial charge is 0.309 e. The van der Waals surface area contributed by atoms with E-state index in [1.54, 1.807) is 0 Å². The molecule has 0 spiro atoms. The van der Waals surface area contributed by atoms with Crippen LogP contribution in [0.4, 0.5) is 14.6 Å². The number of rotatable bonds is 3. The highest BCUT2D eigenvalue weighted by atomic mass is 19.1. The van der Waals surface area contributed by atoms with Crippen LogP contribution in [0, 0.1) is 17.0 Å². The number of pyridine rings is 2. The van der Waals surface area contributed by atoms with Gasteiger partial charge >= 0.3 is 0 Å². The number of aromatic nitrogens is 3. The van der Waals surface area contributed by atoms with Crippen molar-refractivity contribution >= 4 is 17.4 Å². The summed E-state index contributed by atoms with van der Waals surface area (Å²) in [7, 11) is 0. The maximum Gasteiger partial charge on any atom is 0.226 e. The quantitative estimate of drug-likeness (QED) is 0.780. The van der Waals surface area contributed by atoms with Gasteiger partial charge in [-0.25, -0.2) is 13.8 Å². The van der Waals surface area contributed by atoms with Crippen molar-refractivity contribution in [3.8, 4) is 11.4 Å². The summed E-state index contributed by atoms with van der Waals surface area (Å²) in [6.45, 7) is 5.86. The minimum Gasteiger partial charge on any atom is -0.309 e. The molecule has 3 heterocycles. The van der Waals surface area contributed by atoms with Crippen LogP contribution >= 0.6 is 0 Å². The first-order valence-corrected chi connectivity index (χ1v) is 7.82. The number of halogens is 2. The van der Waals surface area contributed by atoms with Gasteiger partial charge in [-0.15, -0.1) is 0 Å². The van der Waals surface area contributed by atoms with Gasteiger partial charge in [0, 0.05) is 12.6 Å². The first-order chi connectivity index (χ1) is 11.7. The number of nitrogens with zero attached hydrogens (tertiary/aromatic N) is 3. The Morgan fingerprint density at radius 1 is 1.16 bits per heavy atom. The maximum absolute atomic E-state index is 13.7. The fourth-order valence-electron chi connectivity index (χ4n) is 2.52. The average molecular weight is 344 g/mol. The number of nitrogens with one attached hydrogen (secondary N) is 1. The van der Waals surface area contributed by atoms with Gasteiger partial charge in [0.05, 0.1) is 11.9 Å². The molecule has 3 rings (SSSR count). The Kier molecular flexibility index (Phi) is 4.24. The molecule has 25 heavy (non-hydrogen) atoms. The summed E-state index contributed by atoms with van der Waals surface area (Å²) in [4.78, 5) is 20.7. The van der Waals surface area contributed by atoms with E-state index in [4.69, 9.17) is 0 Å². The molecule has 3 aromatic rings. The monoisotopic (exact) mass is 344 g/mol. The van der Waals surface area contributed by atoms with Gasteiger partial charge in [0.2, 0.25) is 5.91 Å². The average Bonchev–Trinajstić information content (AvgIpc) is 2.83. The van der Waals surface area contributed by atoms with Crippen molar-refractivity contribution in [2.24, 2.45) is 5.41 Å². The molecule has 0 bridgehead atoms. The van der Waals surface area contributed by atoms with E-state index in [1.807, 2.05) is 20.8 Å². The highest BCUT2D eigenvalue weighted by Crippen LogP contribution is 2.29. The molecule has 0 atom stereocenters. The third-order valence-corrected chi connectivity index (χ3v) is 3.50. The van der Waals surface area contributed by atoms with E-state index in [9.17, 15) is 13.6 Å². The Hall–Kier alpha value is -2.83. The summed E-state index contributed by atoms with van der Waals surface area (Å²) >= 11 is 0. The molecule has 130 valence electrons. The highest BCUT2D eigenvalue weighted by Gasteiger charge is 2.21. The molecule has 0 aliphatic heterocycles. The second-order valence-electron chi connectivity index (χ2n) is 7.03. The van der Waals surface area contributed by atoms with Gasteiger partial charge < -0.3 is 5.32 Å². The van der Waals surface area contributed by atoms with E-state index in [-0.39, 0.29) is 17.1 Å². The highest BCUT2D eigenvalue weighted by molar-refractivity contribution is 5.94. The van der Waals surface area contributed by atoms with Gasteiger partial charge in [0.25, 0.3) is 0 Å². The van der Waals surface area contributed by atoms with Crippen molar-refractivity contribution in [3.63, 3.8) is 0 Å². The zero-order valence-electron chi connectivity index (χ0n) is 14.2. The SMILES string of the molecule is CC(C)(C)CC(=O)Nc1nc2ccc(F)cn2c1-c1ccc(F)cn1. The molecule has 0 radical (unpaired) electrons. The number of hydrogen-bond donors (Lipinski definition) is 1. The van der Waals surface area contributed by atoms with Crippen molar-refractivity contribution in [1.29, 1.82) is 0 Å². The van der Waals surface area contributed by atoms with Crippen LogP contribution < -0.4 is 5.32 Å². The van der Waals surface area contributed by atoms with Gasteiger partial charge in [-0.05, 0) is 29.7 Å². The molecule has 7 heteroatoms. The smallest absolute Gasteiger partial charge is 0.226 e. The number of fused-ring (bicyclic) bond motifs is 1. The van der Waals surface area contributed by atoms with Crippen LogP contribution in [0.5, 0.6) is 0 Å². The summed E-state index contributed by atoms with van der Waals surface area (Å²) < 4.78 is 28.4. The zero-order chi connectivity index (χ0) is 18.2. The fraction of sp³-hybridized carbons (Fsp3) is 0.278. The molecule has 0 unspecified atom stereocenters. The lowest BCUT2D eigenvalue weighted by Gasteiger charge is -2.17. The molecule has 1 N–H and O–H groups in total. The Balaban J connectivity index is 2.09. The minimum atomic E-state index is -0.484. The Labute approximate surface area is 143 Å². The number of hydrogen-bond acceptors (Lipinski definition) is 3. The summed E-state index contributed by atoms with van der Waals surface area (Å²) in [6.07, 6.45) is 2.61. The molecule has 3 aromatic heterocycles. The van der Waals surface area contributed by atoms with Crippen LogP contribution in [0.1, 0.15) is 27.2 Å². The number of amides is 1. The molecule has 0 aromatic carbocycles. The van der Waals surface area contributed by atoms with Gasteiger partial charge in [-0.3, -0.25) is 14.2 Å². The standard InChI is InChI=1S/C18H18F2N4O/c1-18(2,3)8-15(25)23-17-16(13-6-4-11(19)9-21-13)24-10-12(20)5-7-14(24)22-17/h4-7,9-10H,8H2,1-3H3,(H,23,25). The van der Waals surface area contributed by atoms with E-state index in [2.05, 4.69) is 15.3 Å². The van der Waals surface area contributed by atoms with Crippen molar-refractivity contribution in [1.82, 2.24) is 14.4 Å². The molecule has 0 saturated carbocycles. The van der Waals surface area contributed by atoms with Gasteiger partial charge in [0.15, 0.2) is 5.82 Å². The molecule has 5 nitrogen and oxygen atoms in total. The molecule has 1 amide bonds. The molecule has 0 saturated heterocycles. The van der Waals surface area contributed by atoms with Crippen molar-refractivity contribution in [2.45, 2.75) is 27.2 Å². The second-order valence-corrected chi connectivity index (χ2v) is 7.03. The van der Waals surface area contributed by atoms with Crippen molar-refractivity contribution in [3.05, 3.63) is 48.3 Å². The maximum atomic E-state index is 13.7. The Morgan fingerprint density at radius 2 is 1.88 bits per heavy atom. The van der Waals surface area contributed by atoms with E-state index >= 15 is 0 Å². The summed E-state index contributed by atoms with van der Waals surface area (Å²) in [5, 5.41) is 2.76. The fourth-order valence-corrected chi connectivity index (χ4v) is 2.52. The zero-order valence-corrected chi connectivity index (χ0v) is 14.2. The molecule has 0 aliphatic carbocycles. The predicted octanol–water partition coefficient (Wildman–Crippen LogP) is 4.05. The topological polar surface area (TPSA) is 59.3 Å². The van der Waals surface area contributed by atoms with Crippen molar-refractivity contribution < 1.29 is 13.6 Å². The lowest BCUT2D eigenvalue weighted by molar-refractivity contribution is -0.117. The van der Waals surface area contributed by atoms with Gasteiger partial charge in [-0.2, -0.15) is 0 Å². The number of carbonyl (C=O) groups excluding carboxylic acids is 1. The van der Waals surface area contributed by atoms with E-state index in [0.717, 1.165) is 6.20 Å². The lowest BCUT2D eigenvalue weighted by atomic mass is 9.92. The van der Waals surface area contributed by atoms with E-state index < -0.39 is 11.6 Å². The summed E-state index contributed by atoms with van der Waals surface area (Å²) in [5.74, 6) is -0.887. The van der Waals surface area contributed by atoms with E-state index in [1.165, 1.54) is 34.9 Å². The lowest BCUT2D eigenvalue weighted by Crippen LogP contribution is -2.20. The van der Waals surface area contributed by atoms with Gasteiger partial charge in [-0.1, -0.05) is 20.8 Å². The van der Waals surface area contributed by atoms with E-state index in [0.29, 0.717) is 23.5 Å². The third-order valence-electron chi connectivity index (χ3n) is 3.50. The second kappa shape index (κ2) is 6.23. The van der Waals surface area contributed by atoms with Crippen LogP contribution in [-0.4, -0.2) is 20.3 Å². The van der Waals surface area contributed by atoms with Crippen LogP contribution in [0.2, 0.25) is 0 Å². The van der Waals surface area contributed by atoms with Crippen molar-refractivity contribution in [2.75, 3.05) is 5.32 Å². The first kappa shape index (κ1) is 17.0. The molecule has 0 aliphatic rings. The normalized spacial score (nSPS) is 11.7. The van der Waals surface area contributed by atoms with Crippen LogP contribution in [0.25, 0.3) is 17.0 Å². The van der Waals surface area contributed by atoms with Crippen LogP contribution in [0.15, 0.2) is 36.7 Å². The summed E-state index contributed by atoms with van der Waals surface area (Å²) in [5.41, 5.74) is 1.04. The summed E-state index contributed by atoms with van der Waals surface area (Å²) in [6, 6.07) is 5.50. The molecular weight excluding hydrogens is 326 g/mol. The Bertz CT molecular complexity index is 927. The number of anilines is 1. The number of carbonyl (C=O) groups is 1.